The van der Waals surface area contributed by atoms with Crippen molar-refractivity contribution >= 4 is 0 Å². The largest absolute Gasteiger partial charge is 0.358 e. The second kappa shape index (κ2) is 15.0. The van der Waals surface area contributed by atoms with E-state index in [0.717, 1.165) is 35.5 Å². The highest BCUT2D eigenvalue weighted by Gasteiger charge is 2.45. The predicted octanol–water partition coefficient (Wildman–Crippen LogP) is 8.36. The fourth-order valence-corrected chi connectivity index (χ4v) is 12.2. The van der Waals surface area contributed by atoms with Crippen LogP contribution >= 0.6 is 0 Å². The molecule has 254 valence electrons. The zero-order chi connectivity index (χ0) is 30.0. The molecule has 5 saturated carbocycles. The Bertz CT molecular complexity index is 936. The zero-order valence-corrected chi connectivity index (χ0v) is 28.6. The van der Waals surface area contributed by atoms with Gasteiger partial charge in [0, 0.05) is 6.04 Å². The van der Waals surface area contributed by atoms with Crippen LogP contribution in [0.4, 0.5) is 0 Å². The van der Waals surface area contributed by atoms with Gasteiger partial charge >= 0.3 is 0 Å². The second-order valence-electron chi connectivity index (χ2n) is 17.5. The van der Waals surface area contributed by atoms with E-state index in [1.807, 2.05) is 0 Å². The Labute approximate surface area is 276 Å². The standard InChI is InChI=1S/C40H68N4O/c1-3-10-27(11-4-1)29-18-22-31(23-19-29)37-42-38(32-24-20-30(21-25-32)28-12-5-2-6-13-28)44-39(43-37)33-14-9-15-34(26-33)40-41-35-16-7-8-17-36(35)45-40/h3,10,27-44H,1-2,4-9,11-26H2. The van der Waals surface area contributed by atoms with Gasteiger partial charge in [0.15, 0.2) is 0 Å². The van der Waals surface area contributed by atoms with Crippen molar-refractivity contribution in [3.8, 4) is 0 Å². The summed E-state index contributed by atoms with van der Waals surface area (Å²) in [5, 5.41) is 16.8. The van der Waals surface area contributed by atoms with Crippen molar-refractivity contribution in [3.63, 3.8) is 0 Å². The van der Waals surface area contributed by atoms with E-state index in [9.17, 15) is 0 Å². The number of nitrogens with one attached hydrogen (secondary N) is 4. The van der Waals surface area contributed by atoms with Crippen LogP contribution in [0.5, 0.6) is 0 Å². The van der Waals surface area contributed by atoms with E-state index in [1.165, 1.54) is 154 Å². The molecule has 5 nitrogen and oxygen atoms in total. The Balaban J connectivity index is 0.923. The number of rotatable bonds is 6. The summed E-state index contributed by atoms with van der Waals surface area (Å²) in [7, 11) is 0. The Morgan fingerprint density at radius 2 is 1.00 bits per heavy atom. The monoisotopic (exact) mass is 621 g/mol. The summed E-state index contributed by atoms with van der Waals surface area (Å²) in [6, 6.07) is 0.621. The van der Waals surface area contributed by atoms with Gasteiger partial charge in [0.2, 0.25) is 0 Å². The van der Waals surface area contributed by atoms with Gasteiger partial charge in [-0.2, -0.15) is 0 Å². The van der Waals surface area contributed by atoms with E-state index in [2.05, 4.69) is 33.4 Å². The summed E-state index contributed by atoms with van der Waals surface area (Å²) in [5.74, 6) is 6.81. The van der Waals surface area contributed by atoms with Crippen LogP contribution in [-0.4, -0.2) is 36.9 Å². The maximum absolute atomic E-state index is 6.72. The molecule has 9 atom stereocenters. The van der Waals surface area contributed by atoms with E-state index in [4.69, 9.17) is 4.74 Å². The van der Waals surface area contributed by atoms with Crippen molar-refractivity contribution in [2.45, 2.75) is 191 Å². The van der Waals surface area contributed by atoms with Gasteiger partial charge in [0.1, 0.15) is 6.23 Å². The number of ether oxygens (including phenoxy) is 1. The Morgan fingerprint density at radius 3 is 1.69 bits per heavy atom. The van der Waals surface area contributed by atoms with Crippen LogP contribution in [0.1, 0.15) is 154 Å². The maximum Gasteiger partial charge on any atom is 0.111 e. The molecule has 2 saturated heterocycles. The van der Waals surface area contributed by atoms with Gasteiger partial charge in [-0.25, -0.2) is 0 Å². The molecule has 7 fully saturated rings. The second-order valence-corrected chi connectivity index (χ2v) is 17.5. The van der Waals surface area contributed by atoms with Gasteiger partial charge in [0.25, 0.3) is 0 Å². The molecule has 8 rings (SSSR count). The van der Waals surface area contributed by atoms with Crippen molar-refractivity contribution in [3.05, 3.63) is 12.2 Å². The molecule has 45 heavy (non-hydrogen) atoms. The first-order valence-electron chi connectivity index (χ1n) is 20.6. The van der Waals surface area contributed by atoms with Crippen molar-refractivity contribution in [2.75, 3.05) is 0 Å². The van der Waals surface area contributed by atoms with Crippen LogP contribution < -0.4 is 21.3 Å². The van der Waals surface area contributed by atoms with Crippen LogP contribution in [0.3, 0.4) is 0 Å². The average Bonchev–Trinajstić information content (AvgIpc) is 3.57. The first kappa shape index (κ1) is 31.8. The fraction of sp³-hybridized carbons (Fsp3) is 0.950. The van der Waals surface area contributed by atoms with Gasteiger partial charge in [-0.15, -0.1) is 0 Å². The van der Waals surface area contributed by atoms with Gasteiger partial charge in [-0.3, -0.25) is 21.3 Å². The number of hydrogen-bond acceptors (Lipinski definition) is 5. The van der Waals surface area contributed by atoms with Crippen LogP contribution in [0.2, 0.25) is 0 Å². The molecule has 2 aliphatic heterocycles. The minimum atomic E-state index is 0.299. The lowest BCUT2D eigenvalue weighted by atomic mass is 9.70. The first-order chi connectivity index (χ1) is 22.3. The van der Waals surface area contributed by atoms with E-state index >= 15 is 0 Å². The molecule has 5 heteroatoms. The third kappa shape index (κ3) is 7.43. The maximum atomic E-state index is 6.72. The average molecular weight is 621 g/mol. The summed E-state index contributed by atoms with van der Waals surface area (Å²) >= 11 is 0. The number of fused-ring (bicyclic) bond motifs is 1. The van der Waals surface area contributed by atoms with Crippen molar-refractivity contribution in [2.24, 2.45) is 47.3 Å². The topological polar surface area (TPSA) is 57.3 Å². The summed E-state index contributed by atoms with van der Waals surface area (Å²) in [6.45, 7) is 0. The predicted molar refractivity (Wildman–Crippen MR) is 184 cm³/mol. The summed E-state index contributed by atoms with van der Waals surface area (Å²) in [4.78, 5) is 0. The molecule has 6 aliphatic carbocycles. The molecular formula is C40H68N4O. The molecule has 0 aromatic rings. The first-order valence-corrected chi connectivity index (χ1v) is 20.6. The van der Waals surface area contributed by atoms with Gasteiger partial charge in [-0.1, -0.05) is 63.5 Å². The van der Waals surface area contributed by atoms with E-state index in [-0.39, 0.29) is 0 Å². The Morgan fingerprint density at radius 1 is 0.422 bits per heavy atom. The highest BCUT2D eigenvalue weighted by Crippen LogP contribution is 2.44. The summed E-state index contributed by atoms with van der Waals surface area (Å²) in [5.41, 5.74) is 0. The van der Waals surface area contributed by atoms with E-state index in [1.54, 1.807) is 0 Å². The lowest BCUT2D eigenvalue weighted by Gasteiger charge is -2.50. The third-order valence-corrected chi connectivity index (χ3v) is 14.9. The molecule has 2 heterocycles. The zero-order valence-electron chi connectivity index (χ0n) is 28.6. The van der Waals surface area contributed by atoms with Gasteiger partial charge in [0.05, 0.1) is 24.6 Å². The van der Waals surface area contributed by atoms with Gasteiger partial charge in [-0.05, 0) is 150 Å². The normalized spacial score (nSPS) is 48.6. The molecule has 8 aliphatic rings. The highest BCUT2D eigenvalue weighted by molar-refractivity contribution is 5.00. The molecule has 4 N–H and O–H groups in total. The van der Waals surface area contributed by atoms with Gasteiger partial charge < -0.3 is 4.74 Å². The Kier molecular flexibility index (Phi) is 10.6. The third-order valence-electron chi connectivity index (χ3n) is 14.9. The SMILES string of the molecule is C1=CC(C2CCC(C3NC(C4CCC(C5CCCCC5)CC4)NC(C4CCCC(C5NC6CCCCC6O5)C4)N3)CC2)CCC1. The quantitative estimate of drug-likeness (QED) is 0.225. The van der Waals surface area contributed by atoms with Crippen LogP contribution in [-0.2, 0) is 4.74 Å². The van der Waals surface area contributed by atoms with Crippen LogP contribution in [0.25, 0.3) is 0 Å². The smallest absolute Gasteiger partial charge is 0.111 e. The molecule has 0 spiro atoms. The minimum absolute atomic E-state index is 0.299. The van der Waals surface area contributed by atoms with Crippen molar-refractivity contribution < 1.29 is 4.74 Å². The highest BCUT2D eigenvalue weighted by atomic mass is 16.5. The Hall–Kier alpha value is -0.460. The lowest BCUT2D eigenvalue weighted by Crippen LogP contribution is -2.72. The minimum Gasteiger partial charge on any atom is -0.358 e. The molecule has 0 bridgehead atoms. The molecule has 9 unspecified atom stereocenters. The summed E-state index contributed by atoms with van der Waals surface area (Å²) in [6.07, 6.45) is 41.2. The van der Waals surface area contributed by atoms with Crippen molar-refractivity contribution in [1.82, 2.24) is 21.3 Å². The molecule has 0 aromatic heterocycles. The van der Waals surface area contributed by atoms with Crippen LogP contribution in [0.15, 0.2) is 12.2 Å². The molecular weight excluding hydrogens is 552 g/mol. The fourth-order valence-electron chi connectivity index (χ4n) is 12.2. The van der Waals surface area contributed by atoms with E-state index < -0.39 is 0 Å². The molecule has 0 aromatic carbocycles. The van der Waals surface area contributed by atoms with Crippen LogP contribution in [0, 0.1) is 47.3 Å². The molecule has 0 amide bonds. The lowest BCUT2D eigenvalue weighted by molar-refractivity contribution is -0.0294. The summed E-state index contributed by atoms with van der Waals surface area (Å²) < 4.78 is 6.72. The number of allylic oxidation sites excluding steroid dienone is 2. The molecule has 0 radical (unpaired) electrons. The van der Waals surface area contributed by atoms with E-state index in [0.29, 0.717) is 48.7 Å². The number of hydrogen-bond donors (Lipinski definition) is 4. The van der Waals surface area contributed by atoms with Crippen molar-refractivity contribution in [1.29, 1.82) is 0 Å².